The van der Waals surface area contributed by atoms with Gasteiger partial charge in [-0.05, 0) is 31.1 Å². The monoisotopic (exact) mass is 328 g/mol. The quantitative estimate of drug-likeness (QED) is 0.628. The standard InChI is InChI=1S/C12H24O6S2/c1-19(13,14)17-8-6-11-4-3-5-12(10-11)7-9-18-20(2,15)16/h11-12H,3-10H2,1-2H3/t11-,12+. The Bertz CT molecular complexity index is 438. The molecule has 0 aromatic carbocycles. The van der Waals surface area contributed by atoms with Crippen LogP contribution in [0.2, 0.25) is 0 Å². The summed E-state index contributed by atoms with van der Waals surface area (Å²) in [7, 11) is -6.71. The minimum Gasteiger partial charge on any atom is -0.270 e. The summed E-state index contributed by atoms with van der Waals surface area (Å²) in [5.74, 6) is 0.905. The fourth-order valence-electron chi connectivity index (χ4n) is 2.66. The largest absolute Gasteiger partial charge is 0.270 e. The molecule has 0 heterocycles. The van der Waals surface area contributed by atoms with Crippen molar-refractivity contribution in [1.29, 1.82) is 0 Å². The number of rotatable bonds is 8. The van der Waals surface area contributed by atoms with Crippen molar-refractivity contribution in [3.63, 3.8) is 0 Å². The van der Waals surface area contributed by atoms with Crippen molar-refractivity contribution in [1.82, 2.24) is 0 Å². The Morgan fingerprint density at radius 2 is 1.25 bits per heavy atom. The molecular formula is C12H24O6S2. The molecule has 1 aliphatic rings. The second-order valence-corrected chi connectivity index (χ2v) is 8.82. The molecule has 1 saturated carbocycles. The van der Waals surface area contributed by atoms with Crippen LogP contribution in [0.1, 0.15) is 38.5 Å². The van der Waals surface area contributed by atoms with Crippen molar-refractivity contribution in [2.75, 3.05) is 25.7 Å². The summed E-state index contributed by atoms with van der Waals surface area (Å²) >= 11 is 0. The van der Waals surface area contributed by atoms with Crippen molar-refractivity contribution >= 4 is 20.2 Å². The summed E-state index contributed by atoms with van der Waals surface area (Å²) in [6, 6.07) is 0. The molecule has 120 valence electrons. The average Bonchev–Trinajstić information content (AvgIpc) is 2.26. The van der Waals surface area contributed by atoms with Gasteiger partial charge in [-0.2, -0.15) is 16.8 Å². The van der Waals surface area contributed by atoms with E-state index in [0.717, 1.165) is 51.0 Å². The zero-order chi connectivity index (χ0) is 15.2. The van der Waals surface area contributed by atoms with Crippen LogP contribution in [0.4, 0.5) is 0 Å². The SMILES string of the molecule is CS(=O)(=O)OCC[C@H]1CCC[C@@H](CCOS(C)(=O)=O)C1. The van der Waals surface area contributed by atoms with Gasteiger partial charge in [0, 0.05) is 0 Å². The first-order valence-electron chi connectivity index (χ1n) is 6.84. The highest BCUT2D eigenvalue weighted by molar-refractivity contribution is 7.86. The van der Waals surface area contributed by atoms with Crippen LogP contribution in [0.3, 0.4) is 0 Å². The van der Waals surface area contributed by atoms with E-state index in [2.05, 4.69) is 0 Å². The zero-order valence-electron chi connectivity index (χ0n) is 12.1. The molecule has 2 atom stereocenters. The molecule has 0 radical (unpaired) electrons. The Kier molecular flexibility index (Phi) is 6.90. The van der Waals surface area contributed by atoms with E-state index in [9.17, 15) is 16.8 Å². The van der Waals surface area contributed by atoms with Crippen LogP contribution in [0.5, 0.6) is 0 Å². The molecule has 0 aromatic heterocycles. The van der Waals surface area contributed by atoms with Gasteiger partial charge in [0.15, 0.2) is 0 Å². The third kappa shape index (κ3) is 8.89. The Morgan fingerprint density at radius 1 is 0.850 bits per heavy atom. The first-order chi connectivity index (χ1) is 9.16. The maximum Gasteiger partial charge on any atom is 0.264 e. The lowest BCUT2D eigenvalue weighted by Crippen LogP contribution is -2.19. The van der Waals surface area contributed by atoms with Gasteiger partial charge < -0.3 is 0 Å². The molecule has 0 aromatic rings. The molecule has 0 unspecified atom stereocenters. The second kappa shape index (κ2) is 7.72. The van der Waals surface area contributed by atoms with Gasteiger partial charge in [0.2, 0.25) is 0 Å². The van der Waals surface area contributed by atoms with Crippen LogP contribution in [0.15, 0.2) is 0 Å². The molecule has 20 heavy (non-hydrogen) atoms. The molecule has 1 rings (SSSR count). The summed E-state index contributed by atoms with van der Waals surface area (Å²) in [5, 5.41) is 0. The highest BCUT2D eigenvalue weighted by Crippen LogP contribution is 2.33. The lowest BCUT2D eigenvalue weighted by molar-refractivity contribution is 0.188. The van der Waals surface area contributed by atoms with Crippen molar-refractivity contribution in [2.24, 2.45) is 11.8 Å². The molecule has 0 bridgehead atoms. The number of hydrogen-bond donors (Lipinski definition) is 0. The molecule has 0 amide bonds. The van der Waals surface area contributed by atoms with Gasteiger partial charge in [-0.15, -0.1) is 0 Å². The van der Waals surface area contributed by atoms with Crippen LogP contribution in [0, 0.1) is 11.8 Å². The topological polar surface area (TPSA) is 86.7 Å². The summed E-state index contributed by atoms with van der Waals surface area (Å²) in [5.41, 5.74) is 0. The first-order valence-corrected chi connectivity index (χ1v) is 10.5. The van der Waals surface area contributed by atoms with Crippen LogP contribution < -0.4 is 0 Å². The van der Waals surface area contributed by atoms with Crippen LogP contribution in [-0.4, -0.2) is 42.6 Å². The molecule has 0 aliphatic heterocycles. The lowest BCUT2D eigenvalue weighted by atomic mass is 9.79. The molecule has 6 nitrogen and oxygen atoms in total. The van der Waals surface area contributed by atoms with Crippen LogP contribution in [0.25, 0.3) is 0 Å². The van der Waals surface area contributed by atoms with E-state index in [4.69, 9.17) is 8.37 Å². The molecule has 1 aliphatic carbocycles. The van der Waals surface area contributed by atoms with Gasteiger partial charge in [-0.1, -0.05) is 19.3 Å². The Morgan fingerprint density at radius 3 is 1.60 bits per heavy atom. The molecule has 8 heteroatoms. The van der Waals surface area contributed by atoms with Gasteiger partial charge in [0.05, 0.1) is 25.7 Å². The highest BCUT2D eigenvalue weighted by atomic mass is 32.2. The maximum atomic E-state index is 10.9. The maximum absolute atomic E-state index is 10.9. The van der Waals surface area contributed by atoms with E-state index < -0.39 is 20.2 Å². The summed E-state index contributed by atoms with van der Waals surface area (Å²) < 4.78 is 53.0. The predicted octanol–water partition coefficient (Wildman–Crippen LogP) is 1.53. The van der Waals surface area contributed by atoms with Gasteiger partial charge in [-0.25, -0.2) is 0 Å². The summed E-state index contributed by atoms with van der Waals surface area (Å²) in [6.07, 6.45) is 7.81. The smallest absolute Gasteiger partial charge is 0.264 e. The third-order valence-corrected chi connectivity index (χ3v) is 4.73. The van der Waals surface area contributed by atoms with Gasteiger partial charge in [0.1, 0.15) is 0 Å². The van der Waals surface area contributed by atoms with Crippen molar-refractivity contribution < 1.29 is 25.2 Å². The fraction of sp³-hybridized carbons (Fsp3) is 1.00. The summed E-state index contributed by atoms with van der Waals surface area (Å²) in [6.45, 7) is 0.464. The molecule has 0 saturated heterocycles. The van der Waals surface area contributed by atoms with Gasteiger partial charge >= 0.3 is 0 Å². The van der Waals surface area contributed by atoms with Crippen LogP contribution in [-0.2, 0) is 28.6 Å². The molecule has 0 N–H and O–H groups in total. The van der Waals surface area contributed by atoms with Crippen molar-refractivity contribution in [3.05, 3.63) is 0 Å². The normalized spacial score (nSPS) is 24.7. The Hall–Kier alpha value is -0.180. The number of hydrogen-bond acceptors (Lipinski definition) is 6. The molecular weight excluding hydrogens is 304 g/mol. The van der Waals surface area contributed by atoms with Crippen LogP contribution >= 0.6 is 0 Å². The fourth-order valence-corrected chi connectivity index (χ4v) is 3.46. The minimum absolute atomic E-state index is 0.232. The zero-order valence-corrected chi connectivity index (χ0v) is 13.7. The van der Waals surface area contributed by atoms with E-state index in [1.165, 1.54) is 0 Å². The van der Waals surface area contributed by atoms with E-state index in [0.29, 0.717) is 11.8 Å². The minimum atomic E-state index is -3.36. The summed E-state index contributed by atoms with van der Waals surface area (Å²) in [4.78, 5) is 0. The van der Waals surface area contributed by atoms with E-state index >= 15 is 0 Å². The van der Waals surface area contributed by atoms with Crippen molar-refractivity contribution in [3.8, 4) is 0 Å². The Labute approximate surface area is 122 Å². The Balaban J connectivity index is 2.25. The highest BCUT2D eigenvalue weighted by Gasteiger charge is 2.22. The van der Waals surface area contributed by atoms with Gasteiger partial charge in [-0.3, -0.25) is 8.37 Å². The second-order valence-electron chi connectivity index (χ2n) is 5.53. The predicted molar refractivity (Wildman–Crippen MR) is 76.3 cm³/mol. The van der Waals surface area contributed by atoms with E-state index in [-0.39, 0.29) is 13.2 Å². The van der Waals surface area contributed by atoms with E-state index in [1.807, 2.05) is 0 Å². The van der Waals surface area contributed by atoms with E-state index in [1.54, 1.807) is 0 Å². The lowest BCUT2D eigenvalue weighted by Gasteiger charge is -2.28. The molecule has 0 spiro atoms. The van der Waals surface area contributed by atoms with Gasteiger partial charge in [0.25, 0.3) is 20.2 Å². The van der Waals surface area contributed by atoms with Crippen molar-refractivity contribution in [2.45, 2.75) is 38.5 Å². The third-order valence-electron chi connectivity index (χ3n) is 3.54. The average molecular weight is 328 g/mol. The molecule has 1 fully saturated rings. The first kappa shape index (κ1) is 17.9.